The average Bonchev–Trinajstić information content (AvgIpc) is 2.85. The number of nitrogens with two attached hydrogens (primary N) is 2. The van der Waals surface area contributed by atoms with Crippen LogP contribution in [0.3, 0.4) is 0 Å². The molecule has 1 aromatic heterocycles. The van der Waals surface area contributed by atoms with E-state index < -0.39 is 10.0 Å². The first-order valence-corrected chi connectivity index (χ1v) is 8.79. The van der Waals surface area contributed by atoms with E-state index in [1.807, 2.05) is 0 Å². The quantitative estimate of drug-likeness (QED) is 0.664. The van der Waals surface area contributed by atoms with E-state index in [1.165, 1.54) is 35.6 Å². The minimum atomic E-state index is -3.75. The van der Waals surface area contributed by atoms with Crippen LogP contribution in [0.5, 0.6) is 0 Å². The van der Waals surface area contributed by atoms with Crippen LogP contribution >= 0.6 is 11.3 Å². The molecule has 0 aliphatic carbocycles. The Morgan fingerprint density at radius 3 is 2.48 bits per heavy atom. The number of thiazole rings is 1. The van der Waals surface area contributed by atoms with Gasteiger partial charge in [0.05, 0.1) is 15.1 Å². The number of nitrogens with one attached hydrogen (secondary N) is 1. The molecule has 2 aromatic carbocycles. The van der Waals surface area contributed by atoms with Gasteiger partial charge in [-0.3, -0.25) is 4.79 Å². The highest BCUT2D eigenvalue weighted by Crippen LogP contribution is 2.25. The summed E-state index contributed by atoms with van der Waals surface area (Å²) in [5.74, 6) is -0.317. The Labute approximate surface area is 136 Å². The molecule has 9 heteroatoms. The van der Waals surface area contributed by atoms with Gasteiger partial charge >= 0.3 is 0 Å². The van der Waals surface area contributed by atoms with E-state index >= 15 is 0 Å². The van der Waals surface area contributed by atoms with Gasteiger partial charge in [0.1, 0.15) is 0 Å². The fourth-order valence-electron chi connectivity index (χ4n) is 2.01. The predicted molar refractivity (Wildman–Crippen MR) is 89.8 cm³/mol. The molecule has 5 N–H and O–H groups in total. The van der Waals surface area contributed by atoms with Gasteiger partial charge in [-0.15, -0.1) is 0 Å². The third kappa shape index (κ3) is 3.31. The monoisotopic (exact) mass is 348 g/mol. The highest BCUT2D eigenvalue weighted by atomic mass is 32.2. The molecule has 7 nitrogen and oxygen atoms in total. The number of hydrogen-bond donors (Lipinski definition) is 3. The fourth-order valence-corrected chi connectivity index (χ4v) is 3.30. The zero-order valence-electron chi connectivity index (χ0n) is 11.7. The molecule has 0 aliphatic heterocycles. The van der Waals surface area contributed by atoms with Gasteiger partial charge in [-0.25, -0.2) is 18.5 Å². The van der Waals surface area contributed by atoms with Crippen molar-refractivity contribution in [1.29, 1.82) is 0 Å². The molecule has 0 saturated carbocycles. The number of aromatic nitrogens is 1. The highest BCUT2D eigenvalue weighted by molar-refractivity contribution is 7.89. The first kappa shape index (κ1) is 15.4. The van der Waals surface area contributed by atoms with E-state index in [4.69, 9.17) is 10.9 Å². The molecule has 0 unspecified atom stereocenters. The molecule has 1 amide bonds. The van der Waals surface area contributed by atoms with E-state index in [0.717, 1.165) is 10.2 Å². The Morgan fingerprint density at radius 1 is 1.13 bits per heavy atom. The van der Waals surface area contributed by atoms with Crippen LogP contribution in [0, 0.1) is 0 Å². The number of carbonyl (C=O) groups is 1. The van der Waals surface area contributed by atoms with Gasteiger partial charge in [0.15, 0.2) is 5.13 Å². The predicted octanol–water partition coefficient (Wildman–Crippen LogP) is 1.78. The van der Waals surface area contributed by atoms with E-state index in [1.54, 1.807) is 18.2 Å². The SMILES string of the molecule is Nc1nc2ccc(C(=O)Nc3ccc(S(N)(=O)=O)cc3)cc2s1. The lowest BCUT2D eigenvalue weighted by Gasteiger charge is -2.06. The van der Waals surface area contributed by atoms with Gasteiger partial charge in [-0.05, 0) is 42.5 Å². The summed E-state index contributed by atoms with van der Waals surface area (Å²) >= 11 is 1.30. The summed E-state index contributed by atoms with van der Waals surface area (Å²) < 4.78 is 23.2. The van der Waals surface area contributed by atoms with Crippen LogP contribution in [0.1, 0.15) is 10.4 Å². The Hall–Kier alpha value is -2.49. The van der Waals surface area contributed by atoms with E-state index in [-0.39, 0.29) is 10.8 Å². The standard InChI is InChI=1S/C14H12N4O3S2/c15-14-18-11-6-1-8(7-12(11)22-14)13(19)17-9-2-4-10(5-3-9)23(16,20)21/h1-7H,(H2,15,18)(H,17,19)(H2,16,20,21). The van der Waals surface area contributed by atoms with Crippen molar-refractivity contribution in [3.8, 4) is 0 Å². The molecule has 0 fully saturated rings. The minimum Gasteiger partial charge on any atom is -0.375 e. The van der Waals surface area contributed by atoms with Crippen molar-refractivity contribution in [3.05, 3.63) is 48.0 Å². The van der Waals surface area contributed by atoms with Gasteiger partial charge in [-0.1, -0.05) is 11.3 Å². The molecule has 3 rings (SSSR count). The number of amides is 1. The van der Waals surface area contributed by atoms with Crippen LogP contribution in [0.2, 0.25) is 0 Å². The topological polar surface area (TPSA) is 128 Å². The third-order valence-electron chi connectivity index (χ3n) is 3.11. The summed E-state index contributed by atoms with van der Waals surface area (Å²) in [5.41, 5.74) is 7.29. The number of hydrogen-bond acceptors (Lipinski definition) is 6. The normalized spacial score (nSPS) is 11.5. The van der Waals surface area contributed by atoms with Gasteiger partial charge in [-0.2, -0.15) is 0 Å². The highest BCUT2D eigenvalue weighted by Gasteiger charge is 2.11. The van der Waals surface area contributed by atoms with E-state index in [2.05, 4.69) is 10.3 Å². The number of nitrogen functional groups attached to an aromatic ring is 1. The molecule has 1 heterocycles. The van der Waals surface area contributed by atoms with Crippen LogP contribution in [-0.2, 0) is 10.0 Å². The molecular weight excluding hydrogens is 336 g/mol. The number of primary sulfonamides is 1. The first-order chi connectivity index (χ1) is 10.8. The molecule has 0 spiro atoms. The summed E-state index contributed by atoms with van der Waals surface area (Å²) in [5, 5.41) is 8.15. The minimum absolute atomic E-state index is 0.0166. The van der Waals surface area contributed by atoms with Crippen LogP contribution in [-0.4, -0.2) is 19.3 Å². The first-order valence-electron chi connectivity index (χ1n) is 6.43. The van der Waals surface area contributed by atoms with Crippen LogP contribution in [0.15, 0.2) is 47.4 Å². The lowest BCUT2D eigenvalue weighted by Crippen LogP contribution is -2.13. The summed E-state index contributed by atoms with van der Waals surface area (Å²) in [6.07, 6.45) is 0. The summed E-state index contributed by atoms with van der Waals surface area (Å²) in [6, 6.07) is 10.7. The Morgan fingerprint density at radius 2 is 1.83 bits per heavy atom. The Balaban J connectivity index is 1.82. The number of sulfonamides is 1. The molecule has 0 saturated heterocycles. The van der Waals surface area contributed by atoms with Crippen molar-refractivity contribution in [2.75, 3.05) is 11.1 Å². The van der Waals surface area contributed by atoms with Crippen LogP contribution in [0.4, 0.5) is 10.8 Å². The lowest BCUT2D eigenvalue weighted by molar-refractivity contribution is 0.102. The van der Waals surface area contributed by atoms with Crippen molar-refractivity contribution in [1.82, 2.24) is 4.98 Å². The fraction of sp³-hybridized carbons (Fsp3) is 0. The molecule has 0 bridgehead atoms. The Bertz CT molecular complexity index is 995. The number of fused-ring (bicyclic) bond motifs is 1. The second kappa shape index (κ2) is 5.61. The molecule has 3 aromatic rings. The van der Waals surface area contributed by atoms with Gasteiger partial charge in [0, 0.05) is 11.3 Å². The number of rotatable bonds is 3. The van der Waals surface area contributed by atoms with Gasteiger partial charge in [0.25, 0.3) is 5.91 Å². The van der Waals surface area contributed by atoms with Crippen molar-refractivity contribution >= 4 is 48.3 Å². The Kier molecular flexibility index (Phi) is 3.76. The molecular formula is C14H12N4O3S2. The maximum atomic E-state index is 12.2. The smallest absolute Gasteiger partial charge is 0.255 e. The maximum absolute atomic E-state index is 12.2. The van der Waals surface area contributed by atoms with Crippen molar-refractivity contribution in [2.24, 2.45) is 5.14 Å². The van der Waals surface area contributed by atoms with Crippen LogP contribution in [0.25, 0.3) is 10.2 Å². The molecule has 118 valence electrons. The van der Waals surface area contributed by atoms with Crippen molar-refractivity contribution < 1.29 is 13.2 Å². The molecule has 0 aliphatic rings. The number of anilines is 2. The second-order valence-corrected chi connectivity index (χ2v) is 7.38. The van der Waals surface area contributed by atoms with E-state index in [9.17, 15) is 13.2 Å². The zero-order valence-corrected chi connectivity index (χ0v) is 13.3. The molecule has 23 heavy (non-hydrogen) atoms. The largest absolute Gasteiger partial charge is 0.375 e. The third-order valence-corrected chi connectivity index (χ3v) is 4.88. The molecule has 0 radical (unpaired) electrons. The summed E-state index contributed by atoms with van der Waals surface area (Å²) in [7, 11) is -3.75. The van der Waals surface area contributed by atoms with Crippen molar-refractivity contribution in [2.45, 2.75) is 4.90 Å². The zero-order chi connectivity index (χ0) is 16.6. The molecule has 0 atom stereocenters. The lowest BCUT2D eigenvalue weighted by atomic mass is 10.2. The van der Waals surface area contributed by atoms with Crippen molar-refractivity contribution in [3.63, 3.8) is 0 Å². The van der Waals surface area contributed by atoms with Gasteiger partial charge < -0.3 is 11.1 Å². The second-order valence-electron chi connectivity index (χ2n) is 4.76. The maximum Gasteiger partial charge on any atom is 0.255 e. The number of nitrogens with zero attached hydrogens (tertiary/aromatic N) is 1. The van der Waals surface area contributed by atoms with E-state index in [0.29, 0.717) is 16.4 Å². The van der Waals surface area contributed by atoms with Crippen LogP contribution < -0.4 is 16.2 Å². The number of benzene rings is 2. The number of carbonyl (C=O) groups excluding carboxylic acids is 1. The summed E-state index contributed by atoms with van der Waals surface area (Å²) in [6.45, 7) is 0. The van der Waals surface area contributed by atoms with Gasteiger partial charge in [0.2, 0.25) is 10.0 Å². The summed E-state index contributed by atoms with van der Waals surface area (Å²) in [4.78, 5) is 16.4. The average molecular weight is 348 g/mol.